The summed E-state index contributed by atoms with van der Waals surface area (Å²) in [7, 11) is 0. The molecular formula is C20H20N2O6S. The van der Waals surface area contributed by atoms with Crippen molar-refractivity contribution >= 4 is 17.3 Å². The van der Waals surface area contributed by atoms with Gasteiger partial charge in [-0.1, -0.05) is 0 Å². The summed E-state index contributed by atoms with van der Waals surface area (Å²) in [6.07, 6.45) is -1.81. The predicted molar refractivity (Wildman–Crippen MR) is 103 cm³/mol. The molecule has 2 aliphatic rings. The molecule has 0 unspecified atom stereocenters. The molecule has 1 aromatic heterocycles. The molecule has 2 aliphatic heterocycles. The summed E-state index contributed by atoms with van der Waals surface area (Å²) >= 11 is 1.23. The number of esters is 1. The second-order valence-corrected chi connectivity index (χ2v) is 7.80. The van der Waals surface area contributed by atoms with Crippen LogP contribution in [0, 0.1) is 18.3 Å². The van der Waals surface area contributed by atoms with Crippen LogP contribution in [0.3, 0.4) is 0 Å². The van der Waals surface area contributed by atoms with Gasteiger partial charge in [-0.05, 0) is 32.0 Å². The van der Waals surface area contributed by atoms with Crippen LogP contribution < -0.4 is 4.74 Å². The maximum absolute atomic E-state index is 12.0. The van der Waals surface area contributed by atoms with Gasteiger partial charge in [-0.3, -0.25) is 0 Å². The molecule has 0 radical (unpaired) electrons. The third-order valence-electron chi connectivity index (χ3n) is 4.86. The number of benzene rings is 1. The number of ether oxygens (including phenoxy) is 4. The molecule has 9 heteroatoms. The van der Waals surface area contributed by atoms with E-state index in [1.807, 2.05) is 0 Å². The molecule has 0 aliphatic carbocycles. The summed E-state index contributed by atoms with van der Waals surface area (Å²) in [6.45, 7) is 4.30. The lowest BCUT2D eigenvalue weighted by Gasteiger charge is -2.18. The van der Waals surface area contributed by atoms with E-state index in [9.17, 15) is 15.2 Å². The van der Waals surface area contributed by atoms with Crippen molar-refractivity contribution in [2.45, 2.75) is 38.3 Å². The lowest BCUT2D eigenvalue weighted by Crippen LogP contribution is -2.34. The van der Waals surface area contributed by atoms with Gasteiger partial charge in [0.2, 0.25) is 0 Å². The number of nitriles is 1. The Balaban J connectivity index is 1.56. The van der Waals surface area contributed by atoms with Crippen LogP contribution in [0.5, 0.6) is 5.75 Å². The average molecular weight is 416 g/mol. The highest BCUT2D eigenvalue weighted by atomic mass is 32.1. The molecule has 3 heterocycles. The van der Waals surface area contributed by atoms with E-state index in [0.29, 0.717) is 39.1 Å². The van der Waals surface area contributed by atoms with E-state index in [-0.39, 0.29) is 19.3 Å². The molecule has 152 valence electrons. The standard InChI is InChI=1S/C20H20N2O6S/c1-3-25-20(24)18-10(2)22-19(29-18)11-4-5-14(12(6-11)7-21)28-15-9-27-16-13(23)8-26-17(15)16/h4-6,13,15-17,23H,3,8-9H2,1-2H3/t13-,15-,16+,17+/m0/s1. The minimum atomic E-state index is -0.659. The summed E-state index contributed by atoms with van der Waals surface area (Å²) in [5.74, 6) is 0.0122. The van der Waals surface area contributed by atoms with Crippen LogP contribution in [-0.2, 0) is 14.2 Å². The van der Waals surface area contributed by atoms with E-state index in [0.717, 1.165) is 0 Å². The fourth-order valence-electron chi connectivity index (χ4n) is 3.47. The Kier molecular flexibility index (Phi) is 5.52. The van der Waals surface area contributed by atoms with Crippen LogP contribution >= 0.6 is 11.3 Å². The fourth-order valence-corrected chi connectivity index (χ4v) is 4.42. The number of hydrogen-bond acceptors (Lipinski definition) is 9. The van der Waals surface area contributed by atoms with Gasteiger partial charge >= 0.3 is 5.97 Å². The van der Waals surface area contributed by atoms with Gasteiger partial charge in [-0.2, -0.15) is 5.26 Å². The van der Waals surface area contributed by atoms with Crippen molar-refractivity contribution in [2.75, 3.05) is 19.8 Å². The summed E-state index contributed by atoms with van der Waals surface area (Å²) < 4.78 is 22.2. The molecule has 2 saturated heterocycles. The molecule has 0 saturated carbocycles. The van der Waals surface area contributed by atoms with Gasteiger partial charge < -0.3 is 24.1 Å². The van der Waals surface area contributed by atoms with Crippen molar-refractivity contribution < 1.29 is 28.8 Å². The van der Waals surface area contributed by atoms with E-state index in [1.54, 1.807) is 32.0 Å². The number of carbonyl (C=O) groups excluding carboxylic acids is 1. The number of aryl methyl sites for hydroxylation is 1. The molecule has 4 rings (SSSR count). The van der Waals surface area contributed by atoms with Crippen LogP contribution in [0.1, 0.15) is 27.9 Å². The zero-order valence-corrected chi connectivity index (χ0v) is 16.8. The average Bonchev–Trinajstić information content (AvgIpc) is 3.40. The maximum Gasteiger partial charge on any atom is 0.350 e. The fraction of sp³-hybridized carbons (Fsp3) is 0.450. The van der Waals surface area contributed by atoms with Gasteiger partial charge in [-0.15, -0.1) is 11.3 Å². The van der Waals surface area contributed by atoms with Crippen molar-refractivity contribution in [3.8, 4) is 22.4 Å². The first kappa shape index (κ1) is 19.8. The first-order valence-electron chi connectivity index (χ1n) is 9.28. The number of carbonyl (C=O) groups is 1. The van der Waals surface area contributed by atoms with Gasteiger partial charge in [-0.25, -0.2) is 9.78 Å². The zero-order chi connectivity index (χ0) is 20.5. The van der Waals surface area contributed by atoms with Crippen molar-refractivity contribution in [1.29, 1.82) is 5.26 Å². The van der Waals surface area contributed by atoms with Crippen molar-refractivity contribution in [3.05, 3.63) is 34.3 Å². The van der Waals surface area contributed by atoms with Crippen LogP contribution in [-0.4, -0.2) is 60.3 Å². The minimum Gasteiger partial charge on any atom is -0.484 e. The maximum atomic E-state index is 12.0. The second kappa shape index (κ2) is 8.08. The smallest absolute Gasteiger partial charge is 0.350 e. The number of thiazole rings is 1. The highest BCUT2D eigenvalue weighted by Gasteiger charge is 2.48. The topological polar surface area (TPSA) is 111 Å². The third-order valence-corrected chi connectivity index (χ3v) is 6.05. The first-order chi connectivity index (χ1) is 14.0. The molecule has 29 heavy (non-hydrogen) atoms. The molecule has 2 aromatic rings. The highest BCUT2D eigenvalue weighted by Crippen LogP contribution is 2.34. The number of fused-ring (bicyclic) bond motifs is 1. The Labute approximate surface area is 171 Å². The summed E-state index contributed by atoms with van der Waals surface area (Å²) in [5.41, 5.74) is 1.65. The van der Waals surface area contributed by atoms with E-state index >= 15 is 0 Å². The molecular weight excluding hydrogens is 396 g/mol. The quantitative estimate of drug-likeness (QED) is 0.738. The Bertz CT molecular complexity index is 968. The van der Waals surface area contributed by atoms with Gasteiger partial charge in [0.05, 0.1) is 31.1 Å². The Hall–Kier alpha value is -2.51. The van der Waals surface area contributed by atoms with Crippen molar-refractivity contribution in [2.24, 2.45) is 0 Å². The normalized spacial score (nSPS) is 25.4. The molecule has 0 bridgehead atoms. The molecule has 1 aromatic carbocycles. The number of hydrogen-bond donors (Lipinski definition) is 1. The first-order valence-corrected chi connectivity index (χ1v) is 10.1. The number of aliphatic hydroxyl groups excluding tert-OH is 1. The van der Waals surface area contributed by atoms with Crippen LogP contribution in [0.25, 0.3) is 10.6 Å². The molecule has 4 atom stereocenters. The van der Waals surface area contributed by atoms with Crippen LogP contribution in [0.2, 0.25) is 0 Å². The molecule has 0 amide bonds. The molecule has 1 N–H and O–H groups in total. The highest BCUT2D eigenvalue weighted by molar-refractivity contribution is 7.17. The SMILES string of the molecule is CCOC(=O)c1sc(-c2ccc(O[C@H]3CO[C@H]4[C@@H]3OC[C@@H]4O)c(C#N)c2)nc1C. The monoisotopic (exact) mass is 416 g/mol. The summed E-state index contributed by atoms with van der Waals surface area (Å²) in [4.78, 5) is 16.9. The van der Waals surface area contributed by atoms with Gasteiger partial charge in [0.15, 0.2) is 6.10 Å². The van der Waals surface area contributed by atoms with Crippen molar-refractivity contribution in [1.82, 2.24) is 4.98 Å². The van der Waals surface area contributed by atoms with Crippen molar-refractivity contribution in [3.63, 3.8) is 0 Å². The number of aromatic nitrogens is 1. The third kappa shape index (κ3) is 3.72. The number of aliphatic hydroxyl groups is 1. The molecule has 8 nitrogen and oxygen atoms in total. The lowest BCUT2D eigenvalue weighted by atomic mass is 10.1. The van der Waals surface area contributed by atoms with E-state index in [1.165, 1.54) is 11.3 Å². The molecule has 0 spiro atoms. The van der Waals surface area contributed by atoms with E-state index in [2.05, 4.69) is 11.1 Å². The van der Waals surface area contributed by atoms with Gasteiger partial charge in [0.25, 0.3) is 0 Å². The number of rotatable bonds is 5. The Morgan fingerprint density at radius 1 is 1.38 bits per heavy atom. The van der Waals surface area contributed by atoms with E-state index < -0.39 is 24.3 Å². The van der Waals surface area contributed by atoms with Gasteiger partial charge in [0.1, 0.15) is 40.0 Å². The Morgan fingerprint density at radius 3 is 2.93 bits per heavy atom. The Morgan fingerprint density at radius 2 is 2.17 bits per heavy atom. The lowest BCUT2D eigenvalue weighted by molar-refractivity contribution is 0.00858. The van der Waals surface area contributed by atoms with Crippen LogP contribution in [0.4, 0.5) is 0 Å². The summed E-state index contributed by atoms with van der Waals surface area (Å²) in [5, 5.41) is 20.1. The van der Waals surface area contributed by atoms with Gasteiger partial charge in [0, 0.05) is 5.56 Å². The minimum absolute atomic E-state index is 0.214. The van der Waals surface area contributed by atoms with E-state index in [4.69, 9.17) is 18.9 Å². The second-order valence-electron chi connectivity index (χ2n) is 6.80. The zero-order valence-electron chi connectivity index (χ0n) is 16.0. The van der Waals surface area contributed by atoms with Crippen LogP contribution in [0.15, 0.2) is 18.2 Å². The largest absolute Gasteiger partial charge is 0.484 e. The predicted octanol–water partition coefficient (Wildman–Crippen LogP) is 2.07. The molecule has 2 fully saturated rings. The summed E-state index contributed by atoms with van der Waals surface area (Å²) in [6, 6.07) is 7.32. The number of nitrogens with zero attached hydrogens (tertiary/aromatic N) is 2.